The predicted molar refractivity (Wildman–Crippen MR) is 215 cm³/mol. The fraction of sp³-hybridized carbons (Fsp3) is 0.442. The molecule has 2 unspecified atom stereocenters. The first kappa shape index (κ1) is 46.7. The molecule has 15 nitrogen and oxygen atoms in total. The number of hydrogen-bond donors (Lipinski definition) is 5. The van der Waals surface area contributed by atoms with Crippen LogP contribution in [0.3, 0.4) is 0 Å². The average molecular weight is 804 g/mol. The van der Waals surface area contributed by atoms with Crippen molar-refractivity contribution in [2.24, 2.45) is 10.8 Å². The van der Waals surface area contributed by atoms with Crippen LogP contribution >= 0.6 is 0 Å². The molecule has 0 spiro atoms. The second-order valence-corrected chi connectivity index (χ2v) is 15.0. The lowest BCUT2D eigenvalue weighted by atomic mass is 9.66. The third-order valence-corrected chi connectivity index (χ3v) is 10.00. The van der Waals surface area contributed by atoms with Gasteiger partial charge in [-0.25, -0.2) is 14.4 Å². The van der Waals surface area contributed by atoms with E-state index in [1.54, 1.807) is 91.0 Å². The Balaban J connectivity index is 1.66. The molecule has 0 heterocycles. The first-order chi connectivity index (χ1) is 27.7. The summed E-state index contributed by atoms with van der Waals surface area (Å²) in [5.41, 5.74) is 7.85. The number of benzene rings is 3. The van der Waals surface area contributed by atoms with Crippen molar-refractivity contribution in [3.63, 3.8) is 0 Å². The molecule has 0 bridgehead atoms. The van der Waals surface area contributed by atoms with Gasteiger partial charge in [-0.15, -0.1) is 5.48 Å². The van der Waals surface area contributed by atoms with Crippen LogP contribution in [0.4, 0.5) is 0 Å². The summed E-state index contributed by atoms with van der Waals surface area (Å²) in [6, 6.07) is 23.3. The van der Waals surface area contributed by atoms with Crippen molar-refractivity contribution in [2.75, 3.05) is 26.7 Å². The van der Waals surface area contributed by atoms with Gasteiger partial charge in [0.2, 0.25) is 11.8 Å². The standard InChI is InChI=1S/C43H57N5O10/c1-42(2,29-36(49)55-5)43(3,4)30-44-37(50)34(25-15-17-27-45-56-39(52)31-19-9-6-10-20-31)47-38(51)35(48-58-41(54)33-23-13-8-14-24-33)26-16-18-28-46-57-40(53)32-21-11-7-12-22-32/h6-14,19-24,34-35,45-46,48H,15-18,25-30H2,1-5H3,(H,44,50)(H,47,51). The van der Waals surface area contributed by atoms with Crippen molar-refractivity contribution in [1.29, 1.82) is 0 Å². The number of ether oxygens (including phenoxy) is 1. The molecule has 0 fully saturated rings. The minimum absolute atomic E-state index is 0.133. The van der Waals surface area contributed by atoms with Crippen molar-refractivity contribution in [3.05, 3.63) is 108 Å². The summed E-state index contributed by atoms with van der Waals surface area (Å²) in [6.45, 7) is 8.49. The van der Waals surface area contributed by atoms with Gasteiger partial charge in [0, 0.05) is 19.6 Å². The molecule has 3 aromatic carbocycles. The van der Waals surface area contributed by atoms with Crippen LogP contribution < -0.4 is 27.1 Å². The molecule has 0 aliphatic heterocycles. The van der Waals surface area contributed by atoms with E-state index >= 15 is 0 Å². The topological polar surface area (TPSA) is 199 Å². The lowest BCUT2D eigenvalue weighted by Gasteiger charge is -2.41. The summed E-state index contributed by atoms with van der Waals surface area (Å²) in [7, 11) is 1.33. The Kier molecular flexibility index (Phi) is 19.5. The highest BCUT2D eigenvalue weighted by atomic mass is 16.7. The van der Waals surface area contributed by atoms with E-state index in [-0.39, 0.29) is 37.3 Å². The molecular weight excluding hydrogens is 746 g/mol. The molecule has 3 rings (SSSR count). The predicted octanol–water partition coefficient (Wildman–Crippen LogP) is 5.00. The fourth-order valence-corrected chi connectivity index (χ4v) is 5.48. The zero-order valence-electron chi connectivity index (χ0n) is 34.0. The molecule has 0 aromatic heterocycles. The molecule has 0 aliphatic rings. The fourth-order valence-electron chi connectivity index (χ4n) is 5.48. The molecule has 0 saturated carbocycles. The van der Waals surface area contributed by atoms with Gasteiger partial charge in [-0.2, -0.15) is 11.0 Å². The van der Waals surface area contributed by atoms with Crippen LogP contribution in [0.25, 0.3) is 0 Å². The summed E-state index contributed by atoms with van der Waals surface area (Å²) in [5.74, 6) is -3.14. The number of hydroxylamine groups is 3. The maximum atomic E-state index is 13.9. The van der Waals surface area contributed by atoms with Crippen LogP contribution in [0.15, 0.2) is 91.0 Å². The van der Waals surface area contributed by atoms with Crippen molar-refractivity contribution in [1.82, 2.24) is 27.1 Å². The quantitative estimate of drug-likeness (QED) is 0.0332. The third kappa shape index (κ3) is 16.1. The van der Waals surface area contributed by atoms with Crippen molar-refractivity contribution in [2.45, 2.75) is 84.7 Å². The number of esters is 1. The van der Waals surface area contributed by atoms with Crippen molar-refractivity contribution >= 4 is 35.7 Å². The molecule has 0 radical (unpaired) electrons. The first-order valence-corrected chi connectivity index (χ1v) is 19.4. The van der Waals surface area contributed by atoms with Gasteiger partial charge in [0.05, 0.1) is 30.2 Å². The largest absolute Gasteiger partial charge is 0.469 e. The highest BCUT2D eigenvalue weighted by Gasteiger charge is 2.39. The van der Waals surface area contributed by atoms with E-state index in [9.17, 15) is 28.8 Å². The Labute approximate surface area is 340 Å². The number of carbonyl (C=O) groups is 6. The zero-order chi connectivity index (χ0) is 42.4. The van der Waals surface area contributed by atoms with Crippen LogP contribution in [-0.4, -0.2) is 74.5 Å². The van der Waals surface area contributed by atoms with Gasteiger partial charge in [-0.05, 0) is 85.8 Å². The molecule has 15 heteroatoms. The first-order valence-electron chi connectivity index (χ1n) is 19.4. The Morgan fingerprint density at radius 3 is 1.43 bits per heavy atom. The van der Waals surface area contributed by atoms with Crippen LogP contribution in [0.5, 0.6) is 0 Å². The molecular formula is C43H57N5O10. The van der Waals surface area contributed by atoms with E-state index in [1.807, 2.05) is 27.7 Å². The van der Waals surface area contributed by atoms with Gasteiger partial charge in [0.15, 0.2) is 0 Å². The van der Waals surface area contributed by atoms with Crippen LogP contribution in [0.1, 0.15) is 104 Å². The highest BCUT2D eigenvalue weighted by molar-refractivity contribution is 5.91. The highest BCUT2D eigenvalue weighted by Crippen LogP contribution is 2.41. The van der Waals surface area contributed by atoms with E-state index in [0.29, 0.717) is 49.9 Å². The lowest BCUT2D eigenvalue weighted by Crippen LogP contribution is -2.54. The summed E-state index contributed by atoms with van der Waals surface area (Å²) in [5, 5.41) is 5.81. The summed E-state index contributed by atoms with van der Waals surface area (Å²) in [6.07, 6.45) is 2.44. The van der Waals surface area contributed by atoms with Crippen LogP contribution in [-0.2, 0) is 33.6 Å². The number of amides is 2. The van der Waals surface area contributed by atoms with Crippen molar-refractivity contribution < 1.29 is 48.0 Å². The van der Waals surface area contributed by atoms with Crippen LogP contribution in [0.2, 0.25) is 0 Å². The zero-order valence-corrected chi connectivity index (χ0v) is 34.0. The number of carbonyl (C=O) groups excluding carboxylic acids is 6. The Morgan fingerprint density at radius 1 is 0.552 bits per heavy atom. The molecule has 0 aliphatic carbocycles. The van der Waals surface area contributed by atoms with Gasteiger partial charge in [0.25, 0.3) is 0 Å². The minimum Gasteiger partial charge on any atom is -0.469 e. The number of rotatable bonds is 25. The summed E-state index contributed by atoms with van der Waals surface area (Å²) >= 11 is 0. The second-order valence-electron chi connectivity index (χ2n) is 15.0. The second kappa shape index (κ2) is 24.2. The Hall–Kier alpha value is -5.64. The van der Waals surface area contributed by atoms with Gasteiger partial charge < -0.3 is 29.9 Å². The molecule has 58 heavy (non-hydrogen) atoms. The number of methoxy groups -OCH3 is 1. The number of hydrogen-bond acceptors (Lipinski definition) is 13. The third-order valence-electron chi connectivity index (χ3n) is 10.00. The normalized spacial score (nSPS) is 12.4. The molecule has 314 valence electrons. The van der Waals surface area contributed by atoms with Gasteiger partial charge in [0.1, 0.15) is 12.1 Å². The average Bonchev–Trinajstić information content (AvgIpc) is 3.23. The van der Waals surface area contributed by atoms with Crippen molar-refractivity contribution in [3.8, 4) is 0 Å². The van der Waals surface area contributed by atoms with Crippen LogP contribution in [0, 0.1) is 10.8 Å². The van der Waals surface area contributed by atoms with E-state index in [4.69, 9.17) is 19.2 Å². The Morgan fingerprint density at radius 2 is 0.983 bits per heavy atom. The maximum absolute atomic E-state index is 13.9. The minimum atomic E-state index is -1.05. The maximum Gasteiger partial charge on any atom is 0.356 e. The smallest absolute Gasteiger partial charge is 0.356 e. The van der Waals surface area contributed by atoms with Gasteiger partial charge in [-0.3, -0.25) is 14.4 Å². The monoisotopic (exact) mass is 803 g/mol. The van der Waals surface area contributed by atoms with E-state index < -0.39 is 52.6 Å². The number of nitrogens with one attached hydrogen (secondary N) is 5. The molecule has 2 atom stereocenters. The van der Waals surface area contributed by atoms with Gasteiger partial charge >= 0.3 is 23.9 Å². The Bertz CT molecular complexity index is 1760. The van der Waals surface area contributed by atoms with E-state index in [2.05, 4.69) is 27.1 Å². The van der Waals surface area contributed by atoms with Gasteiger partial charge in [-0.1, -0.05) is 82.3 Å². The van der Waals surface area contributed by atoms with E-state index in [0.717, 1.165) is 0 Å². The molecule has 2 amide bonds. The van der Waals surface area contributed by atoms with E-state index in [1.165, 1.54) is 7.11 Å². The summed E-state index contributed by atoms with van der Waals surface area (Å²) in [4.78, 5) is 92.7. The SMILES string of the molecule is COC(=O)CC(C)(C)C(C)(C)CNC(=O)C(CCCCNOC(=O)c1ccccc1)NC(=O)C(CCCCNOC(=O)c1ccccc1)NOC(=O)c1ccccc1. The molecule has 3 aromatic rings. The molecule has 5 N–H and O–H groups in total. The molecule has 0 saturated heterocycles. The summed E-state index contributed by atoms with van der Waals surface area (Å²) < 4.78 is 4.89. The lowest BCUT2D eigenvalue weighted by molar-refractivity contribution is -0.145. The number of unbranched alkanes of at least 4 members (excludes halogenated alkanes) is 2.